The molecule has 1 aromatic carbocycles. The maximum atomic E-state index is 12.0. The number of benzene rings is 1. The average molecular weight is 314 g/mol. The number of nitrogens with zero attached hydrogens (tertiary/aromatic N) is 1. The third-order valence-corrected chi connectivity index (χ3v) is 4.49. The first kappa shape index (κ1) is 17.5. The zero-order chi connectivity index (χ0) is 16.0. The molecule has 0 fully saturated rings. The molecule has 0 bridgehead atoms. The van der Waals surface area contributed by atoms with E-state index in [0.717, 1.165) is 11.8 Å². The number of methoxy groups -OCH3 is 1. The van der Waals surface area contributed by atoms with Crippen LogP contribution in [-0.4, -0.2) is 52.1 Å². The second-order valence-electron chi connectivity index (χ2n) is 4.88. The predicted octanol–water partition coefficient (Wildman–Crippen LogP) is 1.01. The number of carbonyl (C=O) groups excluding carboxylic acids is 1. The highest BCUT2D eigenvalue weighted by Crippen LogP contribution is 2.18. The maximum Gasteiger partial charge on any atom is 0.251 e. The first-order valence-electron chi connectivity index (χ1n) is 6.60. The Hall–Kier alpha value is -1.60. The lowest BCUT2D eigenvalue weighted by atomic mass is 10.1. The van der Waals surface area contributed by atoms with Crippen LogP contribution in [0, 0.1) is 6.92 Å². The Morgan fingerprint density at radius 3 is 2.62 bits per heavy atom. The molecule has 21 heavy (non-hydrogen) atoms. The molecule has 7 heteroatoms. The van der Waals surface area contributed by atoms with Crippen molar-refractivity contribution in [3.05, 3.63) is 29.3 Å². The van der Waals surface area contributed by atoms with Crippen molar-refractivity contribution < 1.29 is 17.9 Å². The minimum atomic E-state index is -3.17. The number of hydrogen-bond acceptors (Lipinski definition) is 4. The van der Waals surface area contributed by atoms with E-state index >= 15 is 0 Å². The minimum Gasteiger partial charge on any atom is -0.496 e. The van der Waals surface area contributed by atoms with Crippen LogP contribution in [0.2, 0.25) is 0 Å². The van der Waals surface area contributed by atoms with Crippen LogP contribution in [0.25, 0.3) is 0 Å². The van der Waals surface area contributed by atoms with E-state index in [-0.39, 0.29) is 5.91 Å². The summed E-state index contributed by atoms with van der Waals surface area (Å²) in [6.45, 7) is 2.69. The molecule has 0 saturated carbocycles. The summed E-state index contributed by atoms with van der Waals surface area (Å²) < 4.78 is 28.9. The van der Waals surface area contributed by atoms with Gasteiger partial charge in [0.05, 0.1) is 13.4 Å². The van der Waals surface area contributed by atoms with Crippen LogP contribution >= 0.6 is 0 Å². The molecule has 0 spiro atoms. The second-order valence-corrected chi connectivity index (χ2v) is 6.97. The first-order chi connectivity index (χ1) is 9.75. The molecule has 0 heterocycles. The largest absolute Gasteiger partial charge is 0.496 e. The molecule has 0 aliphatic rings. The first-order valence-corrected chi connectivity index (χ1v) is 8.44. The van der Waals surface area contributed by atoms with Crippen molar-refractivity contribution in [1.29, 1.82) is 0 Å². The van der Waals surface area contributed by atoms with E-state index in [2.05, 4.69) is 5.32 Å². The topological polar surface area (TPSA) is 75.7 Å². The van der Waals surface area contributed by atoms with E-state index in [9.17, 15) is 13.2 Å². The maximum absolute atomic E-state index is 12.0. The number of aryl methyl sites for hydroxylation is 1. The lowest BCUT2D eigenvalue weighted by Crippen LogP contribution is -2.30. The van der Waals surface area contributed by atoms with Crippen molar-refractivity contribution in [2.45, 2.75) is 13.3 Å². The van der Waals surface area contributed by atoms with Crippen LogP contribution in [0.5, 0.6) is 5.75 Å². The standard InChI is InChI=1S/C14H22N2O4S/c1-11-6-7-12(10-13(11)20-3)14(17)15-8-5-9-16(2)21(4,18)19/h6-7,10H,5,8-9H2,1-4H3,(H,15,17). The van der Waals surface area contributed by atoms with Crippen molar-refractivity contribution in [1.82, 2.24) is 9.62 Å². The summed E-state index contributed by atoms with van der Waals surface area (Å²) in [5.41, 5.74) is 1.48. The second kappa shape index (κ2) is 7.42. The summed E-state index contributed by atoms with van der Waals surface area (Å²) in [5, 5.41) is 2.76. The summed E-state index contributed by atoms with van der Waals surface area (Å²) >= 11 is 0. The van der Waals surface area contributed by atoms with Gasteiger partial charge in [0, 0.05) is 25.7 Å². The normalized spacial score (nSPS) is 11.5. The molecule has 0 unspecified atom stereocenters. The van der Waals surface area contributed by atoms with Crippen LogP contribution in [0.4, 0.5) is 0 Å². The Balaban J connectivity index is 2.48. The minimum absolute atomic E-state index is 0.199. The van der Waals surface area contributed by atoms with Gasteiger partial charge >= 0.3 is 0 Å². The third-order valence-electron chi connectivity index (χ3n) is 3.17. The molecule has 118 valence electrons. The van der Waals surface area contributed by atoms with Gasteiger partial charge in [-0.2, -0.15) is 0 Å². The van der Waals surface area contributed by atoms with E-state index < -0.39 is 10.0 Å². The third kappa shape index (κ3) is 5.35. The van der Waals surface area contributed by atoms with Crippen LogP contribution in [-0.2, 0) is 10.0 Å². The predicted molar refractivity (Wildman–Crippen MR) is 82.2 cm³/mol. The average Bonchev–Trinajstić information content (AvgIpc) is 2.42. The molecule has 1 rings (SSSR count). The van der Waals surface area contributed by atoms with Gasteiger partial charge in [-0.05, 0) is 31.0 Å². The molecule has 0 atom stereocenters. The lowest BCUT2D eigenvalue weighted by molar-refractivity contribution is 0.0952. The molecule has 0 aromatic heterocycles. The summed E-state index contributed by atoms with van der Waals surface area (Å²) in [6, 6.07) is 5.24. The number of carbonyl (C=O) groups is 1. The van der Waals surface area contributed by atoms with Crippen LogP contribution in [0.3, 0.4) is 0 Å². The molecular formula is C14H22N2O4S. The fraction of sp³-hybridized carbons (Fsp3) is 0.500. The number of hydrogen-bond donors (Lipinski definition) is 1. The lowest BCUT2D eigenvalue weighted by Gasteiger charge is -2.14. The number of nitrogens with one attached hydrogen (secondary N) is 1. The molecule has 1 N–H and O–H groups in total. The quantitative estimate of drug-likeness (QED) is 0.762. The van der Waals surface area contributed by atoms with Crippen molar-refractivity contribution >= 4 is 15.9 Å². The van der Waals surface area contributed by atoms with Gasteiger partial charge in [0.15, 0.2) is 0 Å². The van der Waals surface area contributed by atoms with Gasteiger partial charge in [-0.3, -0.25) is 4.79 Å². The number of amides is 1. The highest BCUT2D eigenvalue weighted by molar-refractivity contribution is 7.88. The highest BCUT2D eigenvalue weighted by Gasteiger charge is 2.11. The Morgan fingerprint density at radius 1 is 1.38 bits per heavy atom. The monoisotopic (exact) mass is 314 g/mol. The van der Waals surface area contributed by atoms with Gasteiger partial charge in [-0.25, -0.2) is 12.7 Å². The van der Waals surface area contributed by atoms with Crippen LogP contribution in [0.1, 0.15) is 22.3 Å². The number of ether oxygens (including phenoxy) is 1. The molecular weight excluding hydrogens is 292 g/mol. The van der Waals surface area contributed by atoms with Gasteiger partial charge < -0.3 is 10.1 Å². The zero-order valence-corrected chi connectivity index (χ0v) is 13.7. The van der Waals surface area contributed by atoms with E-state index in [4.69, 9.17) is 4.74 Å². The molecule has 0 aliphatic carbocycles. The Labute approximate surface area is 126 Å². The van der Waals surface area contributed by atoms with Gasteiger partial charge in [-0.15, -0.1) is 0 Å². The van der Waals surface area contributed by atoms with Crippen LogP contribution < -0.4 is 10.1 Å². The summed E-state index contributed by atoms with van der Waals surface area (Å²) in [4.78, 5) is 12.0. The fourth-order valence-corrected chi connectivity index (χ4v) is 2.19. The summed E-state index contributed by atoms with van der Waals surface area (Å²) in [7, 11) is -0.0890. The van der Waals surface area contributed by atoms with Crippen molar-refractivity contribution in [3.8, 4) is 5.75 Å². The Kier molecular flexibility index (Phi) is 6.17. The summed E-state index contributed by atoms with van der Waals surface area (Å²) in [5.74, 6) is 0.467. The van der Waals surface area contributed by atoms with E-state index in [1.807, 2.05) is 13.0 Å². The summed E-state index contributed by atoms with van der Waals surface area (Å²) in [6.07, 6.45) is 1.71. The fourth-order valence-electron chi connectivity index (χ4n) is 1.73. The number of rotatable bonds is 7. The van der Waals surface area contributed by atoms with E-state index in [1.54, 1.807) is 19.2 Å². The molecule has 0 radical (unpaired) electrons. The molecule has 6 nitrogen and oxygen atoms in total. The van der Waals surface area contributed by atoms with Crippen molar-refractivity contribution in [3.63, 3.8) is 0 Å². The molecule has 1 amide bonds. The SMILES string of the molecule is COc1cc(C(=O)NCCCN(C)S(C)(=O)=O)ccc1C. The van der Waals surface area contributed by atoms with Crippen molar-refractivity contribution in [2.24, 2.45) is 0 Å². The molecule has 0 aliphatic heterocycles. The Bertz CT molecular complexity index is 599. The van der Waals surface area contributed by atoms with Crippen LogP contribution in [0.15, 0.2) is 18.2 Å². The van der Waals surface area contributed by atoms with Crippen molar-refractivity contribution in [2.75, 3.05) is 33.5 Å². The molecule has 0 saturated heterocycles. The molecule has 1 aromatic rings. The smallest absolute Gasteiger partial charge is 0.251 e. The Morgan fingerprint density at radius 2 is 2.05 bits per heavy atom. The zero-order valence-electron chi connectivity index (χ0n) is 12.8. The highest BCUT2D eigenvalue weighted by atomic mass is 32.2. The van der Waals surface area contributed by atoms with Gasteiger partial charge in [0.2, 0.25) is 10.0 Å². The van der Waals surface area contributed by atoms with E-state index in [1.165, 1.54) is 11.4 Å². The van der Waals surface area contributed by atoms with Gasteiger partial charge in [-0.1, -0.05) is 6.07 Å². The van der Waals surface area contributed by atoms with E-state index in [0.29, 0.717) is 30.8 Å². The van der Waals surface area contributed by atoms with Gasteiger partial charge in [0.25, 0.3) is 5.91 Å². The number of sulfonamides is 1. The van der Waals surface area contributed by atoms with Gasteiger partial charge in [0.1, 0.15) is 5.75 Å².